The summed E-state index contributed by atoms with van der Waals surface area (Å²) in [7, 11) is 1.74. The second kappa shape index (κ2) is 8.75. The van der Waals surface area contributed by atoms with Gasteiger partial charge in [0.05, 0.1) is 12.5 Å². The second-order valence-corrected chi connectivity index (χ2v) is 9.53. The number of fused-ring (bicyclic) bond motifs is 1. The van der Waals surface area contributed by atoms with Crippen LogP contribution >= 0.6 is 22.9 Å². The lowest BCUT2D eigenvalue weighted by molar-refractivity contribution is 0.320. The molecule has 1 aliphatic rings. The monoisotopic (exact) mass is 414 g/mol. The lowest BCUT2D eigenvalue weighted by atomic mass is 9.95. The van der Waals surface area contributed by atoms with E-state index in [0.717, 1.165) is 17.9 Å². The summed E-state index contributed by atoms with van der Waals surface area (Å²) in [6.07, 6.45) is 6.31. The molecular formula is C24H27ClO2S. The van der Waals surface area contributed by atoms with E-state index in [9.17, 15) is 0 Å². The molecule has 1 aromatic heterocycles. The summed E-state index contributed by atoms with van der Waals surface area (Å²) in [5.41, 5.74) is 2.82. The van der Waals surface area contributed by atoms with Crippen molar-refractivity contribution in [2.24, 2.45) is 0 Å². The first-order chi connectivity index (χ1) is 13.6. The Hall–Kier alpha value is -1.71. The third-order valence-electron chi connectivity index (χ3n) is 5.54. The quantitative estimate of drug-likeness (QED) is 0.381. The number of hydrogen-bond acceptors (Lipinski definition) is 3. The molecule has 1 unspecified atom stereocenters. The van der Waals surface area contributed by atoms with Gasteiger partial charge in [-0.05, 0) is 78.9 Å². The van der Waals surface area contributed by atoms with Gasteiger partial charge in [0.15, 0.2) is 0 Å². The highest BCUT2D eigenvalue weighted by molar-refractivity contribution is 7.19. The molecular weight excluding hydrogens is 388 g/mol. The summed E-state index contributed by atoms with van der Waals surface area (Å²) >= 11 is 7.94. The standard InChI is InChI=1S/C24H27ClO2S/c1-16(25)15-27-19-9-7-17(8-10-19)13-22-21-12-11-20(26-2)14-23(21)28-24(22)18-5-3-4-6-18/h7-12,14,16,18H,3-6,13,15H2,1-2H3. The highest BCUT2D eigenvalue weighted by atomic mass is 35.5. The smallest absolute Gasteiger partial charge is 0.120 e. The van der Waals surface area contributed by atoms with Crippen molar-refractivity contribution in [3.63, 3.8) is 0 Å². The van der Waals surface area contributed by atoms with Gasteiger partial charge in [-0.3, -0.25) is 0 Å². The molecule has 1 heterocycles. The summed E-state index contributed by atoms with van der Waals surface area (Å²) < 4.78 is 12.5. The maximum absolute atomic E-state index is 5.98. The van der Waals surface area contributed by atoms with Gasteiger partial charge in [0.1, 0.15) is 18.1 Å². The number of methoxy groups -OCH3 is 1. The Balaban J connectivity index is 1.63. The average molecular weight is 415 g/mol. The lowest BCUT2D eigenvalue weighted by Crippen LogP contribution is -2.07. The number of benzene rings is 2. The van der Waals surface area contributed by atoms with Crippen LogP contribution in [0.1, 0.15) is 54.5 Å². The number of hydrogen-bond donors (Lipinski definition) is 0. The number of rotatable bonds is 7. The Morgan fingerprint density at radius 1 is 1.07 bits per heavy atom. The van der Waals surface area contributed by atoms with Crippen molar-refractivity contribution in [1.29, 1.82) is 0 Å². The molecule has 0 bridgehead atoms. The summed E-state index contributed by atoms with van der Waals surface area (Å²) in [5.74, 6) is 2.53. The zero-order valence-electron chi connectivity index (χ0n) is 16.5. The molecule has 4 rings (SSSR count). The van der Waals surface area contributed by atoms with Crippen molar-refractivity contribution in [2.45, 2.75) is 50.3 Å². The third-order valence-corrected chi connectivity index (χ3v) is 7.02. The predicted molar refractivity (Wildman–Crippen MR) is 120 cm³/mol. The number of thiophene rings is 1. The van der Waals surface area contributed by atoms with Crippen LogP contribution in [0.25, 0.3) is 10.1 Å². The third kappa shape index (κ3) is 4.31. The van der Waals surface area contributed by atoms with Gasteiger partial charge in [-0.1, -0.05) is 25.0 Å². The molecule has 0 amide bonds. The average Bonchev–Trinajstić information content (AvgIpc) is 3.35. The van der Waals surface area contributed by atoms with Gasteiger partial charge in [-0.15, -0.1) is 22.9 Å². The Morgan fingerprint density at radius 2 is 1.79 bits per heavy atom. The van der Waals surface area contributed by atoms with E-state index in [2.05, 4.69) is 42.5 Å². The van der Waals surface area contributed by atoms with Crippen LogP contribution in [0.3, 0.4) is 0 Å². The summed E-state index contributed by atoms with van der Waals surface area (Å²) in [6.45, 7) is 2.47. The minimum absolute atomic E-state index is 0.0165. The molecule has 1 fully saturated rings. The fraction of sp³-hybridized carbons (Fsp3) is 0.417. The van der Waals surface area contributed by atoms with Crippen LogP contribution in [0.4, 0.5) is 0 Å². The molecule has 0 spiro atoms. The molecule has 2 aromatic carbocycles. The molecule has 3 aromatic rings. The van der Waals surface area contributed by atoms with Crippen LogP contribution in [0.5, 0.6) is 11.5 Å². The molecule has 0 aliphatic heterocycles. The first-order valence-electron chi connectivity index (χ1n) is 10.1. The maximum atomic E-state index is 5.98. The van der Waals surface area contributed by atoms with Gasteiger partial charge < -0.3 is 9.47 Å². The van der Waals surface area contributed by atoms with Gasteiger partial charge >= 0.3 is 0 Å². The van der Waals surface area contributed by atoms with E-state index >= 15 is 0 Å². The van der Waals surface area contributed by atoms with E-state index in [4.69, 9.17) is 21.1 Å². The maximum Gasteiger partial charge on any atom is 0.120 e. The topological polar surface area (TPSA) is 18.5 Å². The summed E-state index contributed by atoms with van der Waals surface area (Å²) in [5, 5.41) is 1.40. The first-order valence-corrected chi connectivity index (χ1v) is 11.3. The van der Waals surface area contributed by atoms with E-state index in [-0.39, 0.29) is 5.38 Å². The normalized spacial score (nSPS) is 15.8. The van der Waals surface area contributed by atoms with Crippen molar-refractivity contribution < 1.29 is 9.47 Å². The van der Waals surface area contributed by atoms with Crippen LogP contribution in [0.2, 0.25) is 0 Å². The zero-order valence-corrected chi connectivity index (χ0v) is 18.1. The number of ether oxygens (including phenoxy) is 2. The van der Waals surface area contributed by atoms with Crippen LogP contribution in [-0.2, 0) is 6.42 Å². The van der Waals surface area contributed by atoms with Gasteiger partial charge in [0, 0.05) is 9.58 Å². The molecule has 0 N–H and O–H groups in total. The van der Waals surface area contributed by atoms with Gasteiger partial charge in [0.25, 0.3) is 0 Å². The minimum atomic E-state index is 0.0165. The van der Waals surface area contributed by atoms with E-state index in [1.165, 1.54) is 46.9 Å². The minimum Gasteiger partial charge on any atom is -0.497 e. The van der Waals surface area contributed by atoms with Crippen molar-refractivity contribution in [2.75, 3.05) is 13.7 Å². The van der Waals surface area contributed by atoms with E-state index in [1.54, 1.807) is 12.0 Å². The van der Waals surface area contributed by atoms with Crippen molar-refractivity contribution >= 4 is 33.0 Å². The molecule has 2 nitrogen and oxygen atoms in total. The Morgan fingerprint density at radius 3 is 2.46 bits per heavy atom. The van der Waals surface area contributed by atoms with Crippen molar-refractivity contribution in [3.05, 3.63) is 58.5 Å². The van der Waals surface area contributed by atoms with Gasteiger partial charge in [-0.25, -0.2) is 0 Å². The molecule has 0 saturated heterocycles. The van der Waals surface area contributed by atoms with Gasteiger partial charge in [0.2, 0.25) is 0 Å². The van der Waals surface area contributed by atoms with Crippen molar-refractivity contribution in [1.82, 2.24) is 0 Å². The van der Waals surface area contributed by atoms with E-state index in [0.29, 0.717) is 12.5 Å². The Bertz CT molecular complexity index is 924. The molecule has 148 valence electrons. The molecule has 1 atom stereocenters. The highest BCUT2D eigenvalue weighted by Crippen LogP contribution is 2.44. The van der Waals surface area contributed by atoms with E-state index in [1.807, 2.05) is 18.3 Å². The zero-order chi connectivity index (χ0) is 19.5. The van der Waals surface area contributed by atoms with E-state index < -0.39 is 0 Å². The first kappa shape index (κ1) is 19.6. The van der Waals surface area contributed by atoms with Crippen LogP contribution < -0.4 is 9.47 Å². The van der Waals surface area contributed by atoms with Crippen LogP contribution in [0, 0.1) is 0 Å². The fourth-order valence-corrected chi connectivity index (χ4v) is 5.58. The summed E-state index contributed by atoms with van der Waals surface area (Å²) in [4.78, 5) is 1.58. The summed E-state index contributed by atoms with van der Waals surface area (Å²) in [6, 6.07) is 15.0. The lowest BCUT2D eigenvalue weighted by Gasteiger charge is -2.12. The number of halogens is 1. The second-order valence-electron chi connectivity index (χ2n) is 7.70. The molecule has 28 heavy (non-hydrogen) atoms. The molecule has 1 aliphatic carbocycles. The van der Waals surface area contributed by atoms with Gasteiger partial charge in [-0.2, -0.15) is 0 Å². The van der Waals surface area contributed by atoms with Crippen LogP contribution in [0.15, 0.2) is 42.5 Å². The van der Waals surface area contributed by atoms with Crippen LogP contribution in [-0.4, -0.2) is 19.1 Å². The molecule has 1 saturated carbocycles. The largest absolute Gasteiger partial charge is 0.497 e. The predicted octanol–water partition coefficient (Wildman–Crippen LogP) is 7.16. The molecule has 4 heteroatoms. The fourth-order valence-electron chi connectivity index (χ4n) is 4.09. The Kier molecular flexibility index (Phi) is 6.13. The SMILES string of the molecule is COc1ccc2c(Cc3ccc(OCC(C)Cl)cc3)c(C3CCCC3)sc2c1. The molecule has 0 radical (unpaired) electrons. The Labute approximate surface area is 176 Å². The van der Waals surface area contributed by atoms with Crippen molar-refractivity contribution in [3.8, 4) is 11.5 Å². The number of alkyl halides is 1. The highest BCUT2D eigenvalue weighted by Gasteiger charge is 2.24.